The Morgan fingerprint density at radius 1 is 1.07 bits per heavy atom. The number of nitrogens with one attached hydrogen (secondary N) is 3. The summed E-state index contributed by atoms with van der Waals surface area (Å²) in [6, 6.07) is -3.12. The molecule has 0 aliphatic carbocycles. The minimum atomic E-state index is -1.25. The highest BCUT2D eigenvalue weighted by Crippen LogP contribution is 2.03. The molecule has 0 radical (unpaired) electrons. The van der Waals surface area contributed by atoms with Crippen LogP contribution >= 0.6 is 24.4 Å². The summed E-state index contributed by atoms with van der Waals surface area (Å²) in [5, 5.41) is 15.9. The van der Waals surface area contributed by atoms with E-state index in [1.807, 2.05) is 6.26 Å². The standard InChI is InChI=1S/C15H27N5O6S2/c1-28-5-4-9(20-13(23)8(16)2-3-11(17)21)14(24)18-6-12(22)19-10(7-27)15(25)26/h8-10,27H,2-7,16H2,1H3,(H2,17,21)(H,18,24)(H,19,22)(H,20,23)(H,25,26). The van der Waals surface area contributed by atoms with Crippen molar-refractivity contribution < 1.29 is 29.1 Å². The van der Waals surface area contributed by atoms with Crippen LogP contribution in [0, 0.1) is 0 Å². The van der Waals surface area contributed by atoms with E-state index < -0.39 is 54.3 Å². The molecule has 0 spiro atoms. The van der Waals surface area contributed by atoms with Crippen molar-refractivity contribution in [2.24, 2.45) is 11.5 Å². The van der Waals surface area contributed by atoms with Gasteiger partial charge in [-0.1, -0.05) is 0 Å². The fraction of sp³-hybridized carbons (Fsp3) is 0.667. The van der Waals surface area contributed by atoms with Crippen LogP contribution in [0.3, 0.4) is 0 Å². The lowest BCUT2D eigenvalue weighted by molar-refractivity contribution is -0.141. The predicted octanol–water partition coefficient (Wildman–Crippen LogP) is -2.57. The van der Waals surface area contributed by atoms with E-state index in [9.17, 15) is 24.0 Å². The van der Waals surface area contributed by atoms with Crippen LogP contribution in [-0.2, 0) is 24.0 Å². The van der Waals surface area contributed by atoms with Gasteiger partial charge < -0.3 is 32.5 Å². The van der Waals surface area contributed by atoms with Crippen LogP contribution in [0.25, 0.3) is 0 Å². The van der Waals surface area contributed by atoms with Gasteiger partial charge in [0.25, 0.3) is 0 Å². The summed E-state index contributed by atoms with van der Waals surface area (Å²) in [5.74, 6) is -3.32. The molecule has 11 nitrogen and oxygen atoms in total. The van der Waals surface area contributed by atoms with Gasteiger partial charge in [-0.25, -0.2) is 4.79 Å². The Kier molecular flexibility index (Phi) is 13.1. The molecule has 0 bridgehead atoms. The predicted molar refractivity (Wildman–Crippen MR) is 108 cm³/mol. The number of hydrogen-bond donors (Lipinski definition) is 7. The lowest BCUT2D eigenvalue weighted by Gasteiger charge is -2.20. The molecular formula is C15H27N5O6S2. The third kappa shape index (κ3) is 11.0. The van der Waals surface area contributed by atoms with Gasteiger partial charge >= 0.3 is 5.97 Å². The number of thioether (sulfide) groups is 1. The number of thiol groups is 1. The lowest BCUT2D eigenvalue weighted by atomic mass is 10.1. The summed E-state index contributed by atoms with van der Waals surface area (Å²) >= 11 is 5.28. The number of carboxylic acids is 1. The number of aliphatic carboxylic acids is 1. The maximum Gasteiger partial charge on any atom is 0.327 e. The van der Waals surface area contributed by atoms with Gasteiger partial charge in [-0.05, 0) is 24.9 Å². The summed E-state index contributed by atoms with van der Waals surface area (Å²) in [6.45, 7) is -0.463. The Labute approximate surface area is 172 Å². The van der Waals surface area contributed by atoms with Crippen molar-refractivity contribution in [3.05, 3.63) is 0 Å². The third-order valence-electron chi connectivity index (χ3n) is 3.52. The first kappa shape index (κ1) is 26.0. The van der Waals surface area contributed by atoms with Crippen LogP contribution in [0.5, 0.6) is 0 Å². The van der Waals surface area contributed by atoms with Crippen LogP contribution in [0.1, 0.15) is 19.3 Å². The summed E-state index contributed by atoms with van der Waals surface area (Å²) in [4.78, 5) is 57.8. The molecule has 13 heteroatoms. The van der Waals surface area contributed by atoms with Crippen molar-refractivity contribution in [2.45, 2.75) is 37.4 Å². The SMILES string of the molecule is CSCCC(NC(=O)C(N)CCC(N)=O)C(=O)NCC(=O)NC(CS)C(=O)O. The van der Waals surface area contributed by atoms with Gasteiger partial charge in [0.1, 0.15) is 12.1 Å². The van der Waals surface area contributed by atoms with Crippen molar-refractivity contribution in [3.63, 3.8) is 0 Å². The van der Waals surface area contributed by atoms with Crippen LogP contribution in [0.4, 0.5) is 0 Å². The molecule has 0 aromatic rings. The van der Waals surface area contributed by atoms with Gasteiger partial charge in [-0.15, -0.1) is 0 Å². The molecule has 0 aromatic heterocycles. The molecular weight excluding hydrogens is 410 g/mol. The Morgan fingerprint density at radius 3 is 2.21 bits per heavy atom. The van der Waals surface area contributed by atoms with Crippen molar-refractivity contribution in [2.75, 3.05) is 24.3 Å². The van der Waals surface area contributed by atoms with E-state index >= 15 is 0 Å². The average molecular weight is 438 g/mol. The van der Waals surface area contributed by atoms with Crippen molar-refractivity contribution in [3.8, 4) is 0 Å². The molecule has 28 heavy (non-hydrogen) atoms. The maximum absolute atomic E-state index is 12.3. The fourth-order valence-electron chi connectivity index (χ4n) is 1.93. The average Bonchev–Trinajstić information content (AvgIpc) is 2.64. The van der Waals surface area contributed by atoms with E-state index in [0.29, 0.717) is 5.75 Å². The van der Waals surface area contributed by atoms with Crippen molar-refractivity contribution in [1.29, 1.82) is 0 Å². The monoisotopic (exact) mass is 437 g/mol. The Balaban J connectivity index is 4.71. The first-order valence-electron chi connectivity index (χ1n) is 8.36. The highest BCUT2D eigenvalue weighted by molar-refractivity contribution is 7.98. The zero-order valence-electron chi connectivity index (χ0n) is 15.5. The summed E-state index contributed by atoms with van der Waals surface area (Å²) in [5.41, 5.74) is 10.7. The molecule has 0 saturated carbocycles. The minimum absolute atomic E-state index is 0.0424. The number of hydrogen-bond acceptors (Lipinski definition) is 8. The Bertz CT molecular complexity index is 577. The van der Waals surface area contributed by atoms with Gasteiger partial charge in [0.2, 0.25) is 23.6 Å². The van der Waals surface area contributed by atoms with Gasteiger partial charge in [0.05, 0.1) is 12.6 Å². The summed E-state index contributed by atoms with van der Waals surface area (Å²) in [6.07, 6.45) is 2.09. The first-order chi connectivity index (χ1) is 13.1. The van der Waals surface area contributed by atoms with Crippen molar-refractivity contribution in [1.82, 2.24) is 16.0 Å². The van der Waals surface area contributed by atoms with Crippen molar-refractivity contribution >= 4 is 54.0 Å². The molecule has 0 heterocycles. The molecule has 8 N–H and O–H groups in total. The zero-order chi connectivity index (χ0) is 21.7. The summed E-state index contributed by atoms with van der Waals surface area (Å²) < 4.78 is 0. The molecule has 0 aliphatic rings. The number of carbonyl (C=O) groups is 5. The van der Waals surface area contributed by atoms with Crippen LogP contribution in [-0.4, -0.2) is 77.1 Å². The molecule has 160 valence electrons. The van der Waals surface area contributed by atoms with E-state index in [2.05, 4.69) is 28.6 Å². The lowest BCUT2D eigenvalue weighted by Crippen LogP contribution is -2.53. The number of amides is 4. The number of primary amides is 1. The van der Waals surface area contributed by atoms with Gasteiger partial charge in [0, 0.05) is 12.2 Å². The largest absolute Gasteiger partial charge is 0.480 e. The minimum Gasteiger partial charge on any atom is -0.480 e. The van der Waals surface area contributed by atoms with Gasteiger partial charge in [-0.3, -0.25) is 19.2 Å². The maximum atomic E-state index is 12.3. The molecule has 0 aromatic carbocycles. The first-order valence-corrected chi connectivity index (χ1v) is 10.4. The van der Waals surface area contributed by atoms with Crippen LogP contribution in [0.15, 0.2) is 0 Å². The van der Waals surface area contributed by atoms with Gasteiger partial charge in [-0.2, -0.15) is 24.4 Å². The molecule has 4 amide bonds. The highest BCUT2D eigenvalue weighted by atomic mass is 32.2. The molecule has 0 rings (SSSR count). The molecule has 3 atom stereocenters. The Morgan fingerprint density at radius 2 is 1.71 bits per heavy atom. The van der Waals surface area contributed by atoms with E-state index in [1.54, 1.807) is 0 Å². The normalized spacial score (nSPS) is 13.7. The molecule has 0 aliphatic heterocycles. The Hall–Kier alpha value is -1.99. The van der Waals surface area contributed by atoms with E-state index in [-0.39, 0.29) is 25.0 Å². The number of rotatable bonds is 14. The van der Waals surface area contributed by atoms with Crippen LogP contribution < -0.4 is 27.4 Å². The second-order valence-corrected chi connectivity index (χ2v) is 7.16. The number of nitrogens with two attached hydrogens (primary N) is 2. The number of carboxylic acid groups (broad SMARTS) is 1. The van der Waals surface area contributed by atoms with E-state index in [4.69, 9.17) is 16.6 Å². The smallest absolute Gasteiger partial charge is 0.327 e. The molecule has 3 unspecified atom stereocenters. The second kappa shape index (κ2) is 14.1. The highest BCUT2D eigenvalue weighted by Gasteiger charge is 2.24. The second-order valence-electron chi connectivity index (χ2n) is 5.81. The topological polar surface area (TPSA) is 194 Å². The molecule has 0 fully saturated rings. The fourth-order valence-corrected chi connectivity index (χ4v) is 2.65. The zero-order valence-corrected chi connectivity index (χ0v) is 17.2. The number of carbonyl (C=O) groups excluding carboxylic acids is 4. The summed E-state index contributed by atoms with van der Waals surface area (Å²) in [7, 11) is 0. The van der Waals surface area contributed by atoms with Crippen LogP contribution in [0.2, 0.25) is 0 Å². The van der Waals surface area contributed by atoms with Gasteiger partial charge in [0.15, 0.2) is 0 Å². The van der Waals surface area contributed by atoms with E-state index in [0.717, 1.165) is 0 Å². The molecule has 0 saturated heterocycles. The van der Waals surface area contributed by atoms with E-state index in [1.165, 1.54) is 11.8 Å². The quantitative estimate of drug-likeness (QED) is 0.144. The third-order valence-corrected chi connectivity index (χ3v) is 4.53.